The zero-order chi connectivity index (χ0) is 21.1. The number of aliphatic hydroxyl groups is 2. The summed E-state index contributed by atoms with van der Waals surface area (Å²) < 4.78 is 2.97. The summed E-state index contributed by atoms with van der Waals surface area (Å²) >= 11 is 3.47. The van der Waals surface area contributed by atoms with E-state index in [1.807, 2.05) is 41.2 Å². The van der Waals surface area contributed by atoms with Gasteiger partial charge >= 0.3 is 0 Å². The van der Waals surface area contributed by atoms with Crippen LogP contribution in [0.1, 0.15) is 34.3 Å². The first-order valence-corrected chi connectivity index (χ1v) is 10.6. The lowest BCUT2D eigenvalue weighted by Crippen LogP contribution is -2.34. The first kappa shape index (κ1) is 20.7. The highest BCUT2D eigenvalue weighted by molar-refractivity contribution is 9.10. The minimum atomic E-state index is -0.681. The Labute approximate surface area is 182 Å². The lowest BCUT2D eigenvalue weighted by atomic mass is 10.1. The molecular formula is C22H23BrN4O3. The molecule has 1 aliphatic carbocycles. The van der Waals surface area contributed by atoms with Gasteiger partial charge < -0.3 is 20.1 Å². The number of ketones is 1. The molecule has 3 N–H and O–H groups in total. The van der Waals surface area contributed by atoms with Crippen molar-refractivity contribution in [1.29, 1.82) is 0 Å². The third kappa shape index (κ3) is 4.45. The van der Waals surface area contributed by atoms with Gasteiger partial charge in [0.05, 0.1) is 17.7 Å². The van der Waals surface area contributed by atoms with Crippen molar-refractivity contribution >= 4 is 27.5 Å². The van der Waals surface area contributed by atoms with E-state index in [0.29, 0.717) is 29.9 Å². The van der Waals surface area contributed by atoms with Gasteiger partial charge in [0.15, 0.2) is 5.78 Å². The normalized spacial score (nSPS) is 21.0. The van der Waals surface area contributed by atoms with Crippen LogP contribution >= 0.6 is 15.9 Å². The second-order valence-corrected chi connectivity index (χ2v) is 8.49. The van der Waals surface area contributed by atoms with Gasteiger partial charge in [0, 0.05) is 47.7 Å². The molecule has 8 heteroatoms. The van der Waals surface area contributed by atoms with Crippen LogP contribution in [0, 0.1) is 5.92 Å². The van der Waals surface area contributed by atoms with Crippen LogP contribution < -0.4 is 5.32 Å². The molecule has 1 saturated carbocycles. The van der Waals surface area contributed by atoms with Crippen molar-refractivity contribution in [3.63, 3.8) is 0 Å². The van der Waals surface area contributed by atoms with Crippen LogP contribution in [0.5, 0.6) is 0 Å². The van der Waals surface area contributed by atoms with E-state index in [2.05, 4.69) is 31.2 Å². The number of carbonyl (C=O) groups is 1. The van der Waals surface area contributed by atoms with E-state index >= 15 is 0 Å². The third-order valence-corrected chi connectivity index (χ3v) is 6.02. The molecule has 30 heavy (non-hydrogen) atoms. The Morgan fingerprint density at radius 1 is 1.30 bits per heavy atom. The molecule has 2 aromatic heterocycles. The molecule has 4 rings (SSSR count). The number of nitrogens with zero attached hydrogens (tertiary/aromatic N) is 3. The van der Waals surface area contributed by atoms with E-state index < -0.39 is 6.10 Å². The molecule has 0 radical (unpaired) electrons. The summed E-state index contributed by atoms with van der Waals surface area (Å²) in [5.74, 6) is 0.0604. The Hall–Kier alpha value is -2.55. The van der Waals surface area contributed by atoms with Gasteiger partial charge in [-0.2, -0.15) is 0 Å². The molecule has 7 nitrogen and oxygen atoms in total. The molecule has 3 aromatic rings. The fraction of sp³-hybridized carbons (Fsp3) is 0.318. The first-order valence-electron chi connectivity index (χ1n) is 9.85. The summed E-state index contributed by atoms with van der Waals surface area (Å²) in [5.41, 5.74) is 2.03. The second kappa shape index (κ2) is 9.07. The van der Waals surface area contributed by atoms with E-state index in [1.54, 1.807) is 6.07 Å². The van der Waals surface area contributed by atoms with Crippen LogP contribution in [0.4, 0.5) is 5.82 Å². The number of carbonyl (C=O) groups excluding carboxylic acids is 1. The number of benzene rings is 1. The van der Waals surface area contributed by atoms with Crippen molar-refractivity contribution in [3.8, 4) is 0 Å². The fourth-order valence-corrected chi connectivity index (χ4v) is 4.33. The number of hydrogen-bond donors (Lipinski definition) is 3. The van der Waals surface area contributed by atoms with E-state index in [-0.39, 0.29) is 24.3 Å². The number of aliphatic hydroxyl groups excluding tert-OH is 2. The van der Waals surface area contributed by atoms with Gasteiger partial charge in [-0.3, -0.25) is 4.79 Å². The van der Waals surface area contributed by atoms with Gasteiger partial charge in [-0.05, 0) is 36.6 Å². The highest BCUT2D eigenvalue weighted by Gasteiger charge is 2.35. The van der Waals surface area contributed by atoms with Crippen LogP contribution in [-0.4, -0.2) is 49.3 Å². The Kier molecular flexibility index (Phi) is 6.26. The predicted molar refractivity (Wildman–Crippen MR) is 116 cm³/mol. The van der Waals surface area contributed by atoms with Gasteiger partial charge in [0.25, 0.3) is 0 Å². The molecule has 1 aromatic carbocycles. The van der Waals surface area contributed by atoms with E-state index in [9.17, 15) is 15.0 Å². The Bertz CT molecular complexity index is 1040. The lowest BCUT2D eigenvalue weighted by Gasteiger charge is -2.21. The van der Waals surface area contributed by atoms with Gasteiger partial charge in [-0.1, -0.05) is 28.1 Å². The Balaban J connectivity index is 1.51. The quantitative estimate of drug-likeness (QED) is 0.459. The van der Waals surface area contributed by atoms with Crippen LogP contribution in [-0.2, 0) is 6.54 Å². The zero-order valence-electron chi connectivity index (χ0n) is 16.3. The topological polar surface area (TPSA) is 100 Å². The number of anilines is 1. The lowest BCUT2D eigenvalue weighted by molar-refractivity contribution is 0.0845. The Morgan fingerprint density at radius 3 is 2.93 bits per heavy atom. The molecule has 1 unspecified atom stereocenters. The maximum Gasteiger partial charge on any atom is 0.199 e. The monoisotopic (exact) mass is 470 g/mol. The van der Waals surface area contributed by atoms with Crippen LogP contribution in [0.15, 0.2) is 59.7 Å². The number of aromatic nitrogens is 3. The molecule has 0 aliphatic heterocycles. The molecule has 0 saturated heterocycles. The summed E-state index contributed by atoms with van der Waals surface area (Å²) in [7, 11) is 0. The SMILES string of the molecule is O=C(c1ccn(Cc2cccc(Br)c2)c1)c1cncnc1NC1CC[C@@H](CO)[C@H]1O. The third-order valence-electron chi connectivity index (χ3n) is 5.52. The Morgan fingerprint density at radius 2 is 2.17 bits per heavy atom. The van der Waals surface area contributed by atoms with E-state index in [1.165, 1.54) is 12.5 Å². The van der Waals surface area contributed by atoms with Crippen LogP contribution in [0.25, 0.3) is 0 Å². The second-order valence-electron chi connectivity index (χ2n) is 7.58. The average molecular weight is 471 g/mol. The fourth-order valence-electron chi connectivity index (χ4n) is 3.88. The maximum atomic E-state index is 13.1. The van der Waals surface area contributed by atoms with E-state index in [0.717, 1.165) is 16.5 Å². The van der Waals surface area contributed by atoms with Crippen molar-refractivity contribution < 1.29 is 15.0 Å². The number of nitrogens with one attached hydrogen (secondary N) is 1. The summed E-state index contributed by atoms with van der Waals surface area (Å²) in [6, 6.07) is 9.55. The van der Waals surface area contributed by atoms with Crippen LogP contribution in [0.2, 0.25) is 0 Å². The van der Waals surface area contributed by atoms with Crippen LogP contribution in [0.3, 0.4) is 0 Å². The summed E-state index contributed by atoms with van der Waals surface area (Å²) in [5, 5.41) is 22.9. The van der Waals surface area contributed by atoms with Crippen molar-refractivity contribution in [2.75, 3.05) is 11.9 Å². The molecule has 156 valence electrons. The first-order chi connectivity index (χ1) is 14.5. The smallest absolute Gasteiger partial charge is 0.199 e. The maximum absolute atomic E-state index is 13.1. The summed E-state index contributed by atoms with van der Waals surface area (Å²) in [6.07, 6.45) is 7.30. The largest absolute Gasteiger partial charge is 0.396 e. The van der Waals surface area contributed by atoms with Crippen molar-refractivity contribution in [3.05, 3.63) is 76.4 Å². The van der Waals surface area contributed by atoms with Crippen molar-refractivity contribution in [2.45, 2.75) is 31.5 Å². The minimum absolute atomic E-state index is 0.0551. The summed E-state index contributed by atoms with van der Waals surface area (Å²) in [4.78, 5) is 21.4. The van der Waals surface area contributed by atoms with Crippen molar-refractivity contribution in [1.82, 2.24) is 14.5 Å². The number of rotatable bonds is 7. The number of hydrogen-bond acceptors (Lipinski definition) is 6. The highest BCUT2D eigenvalue weighted by atomic mass is 79.9. The van der Waals surface area contributed by atoms with Crippen molar-refractivity contribution in [2.24, 2.45) is 5.92 Å². The molecule has 0 spiro atoms. The summed E-state index contributed by atoms with van der Waals surface area (Å²) in [6.45, 7) is 0.598. The molecule has 1 fully saturated rings. The zero-order valence-corrected chi connectivity index (χ0v) is 17.9. The average Bonchev–Trinajstić information content (AvgIpc) is 3.35. The van der Waals surface area contributed by atoms with Gasteiger partial charge in [0.2, 0.25) is 0 Å². The minimum Gasteiger partial charge on any atom is -0.396 e. The van der Waals surface area contributed by atoms with Gasteiger partial charge in [0.1, 0.15) is 12.1 Å². The standard InChI is InChI=1S/C22H23BrN4O3/c23-17-3-1-2-14(8-17)10-27-7-6-15(11-27)20(29)18-9-24-13-25-22(18)26-19-5-4-16(12-28)21(19)30/h1-3,6-9,11,13,16,19,21,28,30H,4-5,10,12H2,(H,24,25,26)/t16-,19?,21+/m0/s1. The molecule has 3 atom stereocenters. The molecule has 2 heterocycles. The van der Waals surface area contributed by atoms with Gasteiger partial charge in [-0.25, -0.2) is 9.97 Å². The molecule has 0 amide bonds. The predicted octanol–water partition coefficient (Wildman–Crippen LogP) is 2.86. The van der Waals surface area contributed by atoms with E-state index in [4.69, 9.17) is 0 Å². The molecular weight excluding hydrogens is 448 g/mol. The molecule has 0 bridgehead atoms. The number of halogens is 1. The highest BCUT2D eigenvalue weighted by Crippen LogP contribution is 2.29. The molecule has 1 aliphatic rings. The van der Waals surface area contributed by atoms with Gasteiger partial charge in [-0.15, -0.1) is 0 Å².